The van der Waals surface area contributed by atoms with Crippen molar-refractivity contribution in [2.24, 2.45) is 0 Å². The van der Waals surface area contributed by atoms with Crippen molar-refractivity contribution in [3.63, 3.8) is 0 Å². The van der Waals surface area contributed by atoms with Crippen LogP contribution in [-0.4, -0.2) is 47.4 Å². The summed E-state index contributed by atoms with van der Waals surface area (Å²) in [5.41, 5.74) is 0. The molecule has 1 amide bonds. The third-order valence-corrected chi connectivity index (χ3v) is 18.3. The van der Waals surface area contributed by atoms with E-state index in [0.29, 0.717) is 25.9 Å². The first-order valence-electron chi connectivity index (χ1n) is 38.4. The van der Waals surface area contributed by atoms with Crippen LogP contribution in [0.25, 0.3) is 0 Å². The fourth-order valence-electron chi connectivity index (χ4n) is 12.5. The number of carbonyl (C=O) groups is 2. The van der Waals surface area contributed by atoms with Gasteiger partial charge in [-0.15, -0.1) is 0 Å². The zero-order valence-corrected chi connectivity index (χ0v) is 56.7. The van der Waals surface area contributed by atoms with Crippen molar-refractivity contribution in [3.8, 4) is 0 Å². The minimum absolute atomic E-state index is 0.0274. The van der Waals surface area contributed by atoms with Crippen LogP contribution in [0.3, 0.4) is 0 Å². The Hall–Kier alpha value is -1.40. The molecule has 0 spiro atoms. The topological polar surface area (TPSA) is 95.9 Å². The zero-order chi connectivity index (χ0) is 59.9. The molecule has 494 valence electrons. The summed E-state index contributed by atoms with van der Waals surface area (Å²) < 4.78 is 5.52. The summed E-state index contributed by atoms with van der Waals surface area (Å²) in [4.78, 5) is 24.6. The van der Waals surface area contributed by atoms with E-state index in [2.05, 4.69) is 31.3 Å². The number of rotatable bonds is 73. The Kier molecular flexibility index (Phi) is 71.8. The smallest absolute Gasteiger partial charge is 0.305 e. The van der Waals surface area contributed by atoms with Gasteiger partial charge < -0.3 is 20.3 Å². The molecule has 0 aromatic rings. The number of carbonyl (C=O) groups excluding carboxylic acids is 2. The van der Waals surface area contributed by atoms with Crippen molar-refractivity contribution in [2.45, 2.75) is 456 Å². The van der Waals surface area contributed by atoms with E-state index in [1.54, 1.807) is 0 Å². The van der Waals surface area contributed by atoms with E-state index >= 15 is 0 Å². The van der Waals surface area contributed by atoms with Crippen molar-refractivity contribution in [1.82, 2.24) is 5.32 Å². The number of aliphatic hydroxyl groups excluding tert-OH is 2. The molecular weight excluding hydrogens is 1020 g/mol. The highest BCUT2D eigenvalue weighted by molar-refractivity contribution is 5.76. The molecule has 2 unspecified atom stereocenters. The second kappa shape index (κ2) is 73.1. The summed E-state index contributed by atoms with van der Waals surface area (Å²) in [6.07, 6.45) is 91.8. The van der Waals surface area contributed by atoms with Crippen LogP contribution in [0.4, 0.5) is 0 Å². The number of amides is 1. The van der Waals surface area contributed by atoms with Crippen LogP contribution in [-0.2, 0) is 14.3 Å². The molecule has 0 bridgehead atoms. The van der Waals surface area contributed by atoms with Crippen molar-refractivity contribution < 1.29 is 24.5 Å². The maximum Gasteiger partial charge on any atom is 0.305 e. The Morgan fingerprint density at radius 3 is 0.855 bits per heavy atom. The van der Waals surface area contributed by atoms with Gasteiger partial charge in [0.15, 0.2) is 0 Å². The van der Waals surface area contributed by atoms with Crippen molar-refractivity contribution in [1.29, 1.82) is 0 Å². The molecule has 0 rings (SSSR count). The maximum atomic E-state index is 12.5. The monoisotopic (exact) mass is 1170 g/mol. The molecule has 0 aliphatic heterocycles. The van der Waals surface area contributed by atoms with E-state index in [4.69, 9.17) is 4.74 Å². The number of nitrogens with one attached hydrogen (secondary N) is 1. The first-order valence-corrected chi connectivity index (χ1v) is 38.4. The minimum Gasteiger partial charge on any atom is -0.466 e. The Morgan fingerprint density at radius 1 is 0.325 bits per heavy atom. The first-order chi connectivity index (χ1) is 41.0. The second-order valence-corrected chi connectivity index (χ2v) is 26.7. The van der Waals surface area contributed by atoms with Crippen molar-refractivity contribution in [2.75, 3.05) is 13.2 Å². The molecule has 0 aromatic carbocycles. The van der Waals surface area contributed by atoms with E-state index in [9.17, 15) is 19.8 Å². The molecule has 6 nitrogen and oxygen atoms in total. The van der Waals surface area contributed by atoms with Gasteiger partial charge in [-0.25, -0.2) is 0 Å². The lowest BCUT2D eigenvalue weighted by molar-refractivity contribution is -0.143. The highest BCUT2D eigenvalue weighted by Gasteiger charge is 2.20. The van der Waals surface area contributed by atoms with E-state index < -0.39 is 12.1 Å². The molecule has 0 radical (unpaired) electrons. The van der Waals surface area contributed by atoms with Crippen LogP contribution in [0.5, 0.6) is 0 Å². The number of aliphatic hydroxyl groups is 2. The van der Waals surface area contributed by atoms with Gasteiger partial charge in [0, 0.05) is 12.8 Å². The van der Waals surface area contributed by atoms with E-state index in [1.165, 1.54) is 372 Å². The van der Waals surface area contributed by atoms with Gasteiger partial charge in [-0.3, -0.25) is 9.59 Å². The number of hydrogen-bond donors (Lipinski definition) is 3. The summed E-state index contributed by atoms with van der Waals surface area (Å²) in [7, 11) is 0. The SMILES string of the molecule is CCCCCCCCCCCCCCCCCCCC(=O)OCCCCCCCCCCCCCCCCCCCC/C=C\CCCCCCCCCCCCCCCCCCCC(=O)NC(CO)C(O)CCCCCCCCCCCC. The van der Waals surface area contributed by atoms with Gasteiger partial charge in [-0.05, 0) is 51.4 Å². The van der Waals surface area contributed by atoms with Crippen LogP contribution in [0.2, 0.25) is 0 Å². The molecule has 0 saturated carbocycles. The predicted molar refractivity (Wildman–Crippen MR) is 366 cm³/mol. The molecule has 0 aliphatic carbocycles. The Balaban J connectivity index is 3.28. The second-order valence-electron chi connectivity index (χ2n) is 26.7. The summed E-state index contributed by atoms with van der Waals surface area (Å²) in [5.74, 6) is -0.00234. The average Bonchev–Trinajstić information content (AvgIpc) is 3.50. The fourth-order valence-corrected chi connectivity index (χ4v) is 12.5. The quantitative estimate of drug-likeness (QED) is 0.0320. The summed E-state index contributed by atoms with van der Waals surface area (Å²) >= 11 is 0. The Bertz CT molecular complexity index is 1260. The molecule has 0 heterocycles. The third kappa shape index (κ3) is 69.6. The standard InChI is InChI=1S/C77H151NO5/c1-3-5-7-9-11-13-15-16-17-41-45-48-51-55-59-63-67-71-77(82)83-72-68-64-60-56-52-49-46-43-40-38-36-34-32-30-28-26-24-22-20-18-19-21-23-25-27-29-31-33-35-37-39-42-44-47-50-54-58-62-66-70-76(81)78-74(73-79)75(80)69-65-61-57-53-14-12-10-8-6-4-2/h18-19,74-75,79-80H,3-17,20-73H2,1-2H3,(H,78,81)/b19-18-. The normalized spacial score (nSPS) is 12.5. The maximum absolute atomic E-state index is 12.5. The molecule has 0 aliphatic rings. The van der Waals surface area contributed by atoms with E-state index in [0.717, 1.165) is 38.5 Å². The molecule has 83 heavy (non-hydrogen) atoms. The third-order valence-electron chi connectivity index (χ3n) is 18.3. The average molecular weight is 1170 g/mol. The number of allylic oxidation sites excluding steroid dienone is 2. The van der Waals surface area contributed by atoms with E-state index in [1.807, 2.05) is 0 Å². The molecule has 0 saturated heterocycles. The van der Waals surface area contributed by atoms with Crippen LogP contribution in [0.1, 0.15) is 444 Å². The van der Waals surface area contributed by atoms with Crippen LogP contribution >= 0.6 is 0 Å². The van der Waals surface area contributed by atoms with Gasteiger partial charge in [-0.2, -0.15) is 0 Å². The van der Waals surface area contributed by atoms with Gasteiger partial charge in [-0.1, -0.05) is 392 Å². The predicted octanol–water partition coefficient (Wildman–Crippen LogP) is 25.1. The van der Waals surface area contributed by atoms with Gasteiger partial charge in [0.05, 0.1) is 25.4 Å². The first kappa shape index (κ1) is 81.6. The Labute approximate surface area is 520 Å². The largest absolute Gasteiger partial charge is 0.466 e. The lowest BCUT2D eigenvalue weighted by Crippen LogP contribution is -2.45. The van der Waals surface area contributed by atoms with Crippen molar-refractivity contribution >= 4 is 11.9 Å². The molecular formula is C77H151NO5. The molecule has 3 N–H and O–H groups in total. The number of unbranched alkanes of at least 4 members (excludes halogenated alkanes) is 60. The highest BCUT2D eigenvalue weighted by Crippen LogP contribution is 2.20. The highest BCUT2D eigenvalue weighted by atomic mass is 16.5. The number of ether oxygens (including phenoxy) is 1. The molecule has 6 heteroatoms. The lowest BCUT2D eigenvalue weighted by Gasteiger charge is -2.22. The fraction of sp³-hybridized carbons (Fsp3) is 0.948. The van der Waals surface area contributed by atoms with E-state index in [-0.39, 0.29) is 18.5 Å². The van der Waals surface area contributed by atoms with Gasteiger partial charge in [0.25, 0.3) is 0 Å². The minimum atomic E-state index is -0.658. The van der Waals surface area contributed by atoms with Crippen LogP contribution in [0, 0.1) is 0 Å². The summed E-state index contributed by atoms with van der Waals surface area (Å²) in [5, 5.41) is 23.2. The zero-order valence-electron chi connectivity index (χ0n) is 56.7. The number of hydrogen-bond acceptors (Lipinski definition) is 5. The van der Waals surface area contributed by atoms with Crippen molar-refractivity contribution in [3.05, 3.63) is 12.2 Å². The number of esters is 1. The Morgan fingerprint density at radius 2 is 0.566 bits per heavy atom. The van der Waals surface area contributed by atoms with Gasteiger partial charge >= 0.3 is 5.97 Å². The summed E-state index contributed by atoms with van der Waals surface area (Å²) in [6, 6.07) is -0.535. The van der Waals surface area contributed by atoms with Crippen LogP contribution in [0.15, 0.2) is 12.2 Å². The van der Waals surface area contributed by atoms with Gasteiger partial charge in [0.1, 0.15) is 0 Å². The van der Waals surface area contributed by atoms with Crippen LogP contribution < -0.4 is 5.32 Å². The molecule has 0 fully saturated rings. The molecule has 2 atom stereocenters. The molecule has 0 aromatic heterocycles. The summed E-state index contributed by atoms with van der Waals surface area (Å²) in [6.45, 7) is 4.99. The lowest BCUT2D eigenvalue weighted by atomic mass is 10.0. The van der Waals surface area contributed by atoms with Gasteiger partial charge in [0.2, 0.25) is 5.91 Å².